The van der Waals surface area contributed by atoms with Crippen molar-refractivity contribution in [3.63, 3.8) is 0 Å². The molecule has 0 radical (unpaired) electrons. The second kappa shape index (κ2) is 4.47. The maximum absolute atomic E-state index is 8.64. The third-order valence-electron chi connectivity index (χ3n) is 2.49. The zero-order valence-electron chi connectivity index (χ0n) is 7.94. The van der Waals surface area contributed by atoms with Gasteiger partial charge in [0.15, 0.2) is 0 Å². The number of pyridine rings is 1. The molecule has 0 aromatic carbocycles. The van der Waals surface area contributed by atoms with Crippen LogP contribution in [0, 0.1) is 11.3 Å². The summed E-state index contributed by atoms with van der Waals surface area (Å²) in [6, 6.07) is 5.95. The summed E-state index contributed by atoms with van der Waals surface area (Å²) in [6.45, 7) is 0. The molecular formula is C11H12N2S. The van der Waals surface area contributed by atoms with Crippen LogP contribution in [0.3, 0.4) is 0 Å². The topological polar surface area (TPSA) is 36.7 Å². The van der Waals surface area contributed by atoms with Crippen LogP contribution in [0.5, 0.6) is 0 Å². The number of nitriles is 1. The highest BCUT2D eigenvalue weighted by molar-refractivity contribution is 7.99. The molecule has 0 N–H and O–H groups in total. The fourth-order valence-corrected chi connectivity index (χ4v) is 2.85. The van der Waals surface area contributed by atoms with E-state index in [2.05, 4.69) is 11.1 Å². The minimum absolute atomic E-state index is 0.599. The quantitative estimate of drug-likeness (QED) is 0.705. The Bertz CT molecular complexity index is 333. The monoisotopic (exact) mass is 204 g/mol. The van der Waals surface area contributed by atoms with Crippen LogP contribution in [0.4, 0.5) is 0 Å². The van der Waals surface area contributed by atoms with Crippen molar-refractivity contribution in [2.24, 2.45) is 0 Å². The summed E-state index contributed by atoms with van der Waals surface area (Å²) in [7, 11) is 0. The summed E-state index contributed by atoms with van der Waals surface area (Å²) in [6.07, 6.45) is 4.21. The van der Waals surface area contributed by atoms with Crippen LogP contribution >= 0.6 is 11.8 Å². The minimum Gasteiger partial charge on any atom is -0.260 e. The second-order valence-electron chi connectivity index (χ2n) is 3.50. The third-order valence-corrected chi connectivity index (χ3v) is 3.71. The molecule has 1 aliphatic rings. The van der Waals surface area contributed by atoms with Crippen molar-refractivity contribution in [2.45, 2.75) is 18.8 Å². The number of hydrogen-bond donors (Lipinski definition) is 0. The van der Waals surface area contributed by atoms with Gasteiger partial charge >= 0.3 is 0 Å². The Labute approximate surface area is 88.4 Å². The Morgan fingerprint density at radius 1 is 1.50 bits per heavy atom. The largest absolute Gasteiger partial charge is 0.260 e. The first kappa shape index (κ1) is 9.54. The average molecular weight is 204 g/mol. The molecule has 14 heavy (non-hydrogen) atoms. The molecule has 2 heterocycles. The first-order valence-electron chi connectivity index (χ1n) is 4.84. The third kappa shape index (κ3) is 2.08. The molecule has 2 nitrogen and oxygen atoms in total. The molecule has 1 saturated heterocycles. The summed E-state index contributed by atoms with van der Waals surface area (Å²) in [5, 5.41) is 8.64. The van der Waals surface area contributed by atoms with Crippen LogP contribution < -0.4 is 0 Å². The first-order chi connectivity index (χ1) is 6.90. The predicted octanol–water partition coefficient (Wildman–Crippen LogP) is 2.56. The van der Waals surface area contributed by atoms with E-state index in [0.29, 0.717) is 11.5 Å². The number of nitrogens with zero attached hydrogens (tertiary/aromatic N) is 2. The van der Waals surface area contributed by atoms with Gasteiger partial charge in [-0.2, -0.15) is 17.0 Å². The molecule has 2 rings (SSSR count). The van der Waals surface area contributed by atoms with Crippen LogP contribution in [-0.2, 0) is 0 Å². The fraction of sp³-hybridized carbons (Fsp3) is 0.455. The zero-order chi connectivity index (χ0) is 9.80. The van der Waals surface area contributed by atoms with Crippen LogP contribution in [-0.4, -0.2) is 16.5 Å². The lowest BCUT2D eigenvalue weighted by molar-refractivity contribution is 0.643. The molecule has 1 aliphatic heterocycles. The highest BCUT2D eigenvalue weighted by Crippen LogP contribution is 2.29. The highest BCUT2D eigenvalue weighted by Gasteiger charge is 2.16. The first-order valence-corrected chi connectivity index (χ1v) is 5.99. The molecule has 1 aromatic rings. The number of thioether (sulfide) groups is 1. The normalized spacial score (nSPS) is 21.5. The number of rotatable bonds is 1. The van der Waals surface area contributed by atoms with Crippen molar-refractivity contribution < 1.29 is 0 Å². The van der Waals surface area contributed by atoms with Crippen LogP contribution in [0.15, 0.2) is 18.3 Å². The van der Waals surface area contributed by atoms with E-state index in [-0.39, 0.29) is 0 Å². The maximum Gasteiger partial charge on any atom is 0.101 e. The van der Waals surface area contributed by atoms with E-state index in [9.17, 15) is 0 Å². The van der Waals surface area contributed by atoms with Gasteiger partial charge in [-0.25, -0.2) is 0 Å². The van der Waals surface area contributed by atoms with E-state index in [1.165, 1.54) is 24.3 Å². The van der Waals surface area contributed by atoms with Crippen LogP contribution in [0.2, 0.25) is 0 Å². The van der Waals surface area contributed by atoms with Gasteiger partial charge in [-0.05, 0) is 30.7 Å². The van der Waals surface area contributed by atoms with E-state index in [1.54, 1.807) is 6.20 Å². The fourth-order valence-electron chi connectivity index (χ4n) is 1.69. The van der Waals surface area contributed by atoms with Crippen LogP contribution in [0.1, 0.15) is 30.0 Å². The van der Waals surface area contributed by atoms with Crippen molar-refractivity contribution in [3.8, 4) is 6.07 Å². The van der Waals surface area contributed by atoms with Crippen molar-refractivity contribution >= 4 is 11.8 Å². The average Bonchev–Trinajstić information content (AvgIpc) is 2.30. The molecular weight excluding hydrogens is 192 g/mol. The van der Waals surface area contributed by atoms with Gasteiger partial charge in [-0.3, -0.25) is 4.98 Å². The Hall–Kier alpha value is -1.01. The summed E-state index contributed by atoms with van der Waals surface area (Å²) < 4.78 is 0. The molecule has 1 aromatic heterocycles. The van der Waals surface area contributed by atoms with E-state index in [1.807, 2.05) is 23.9 Å². The van der Waals surface area contributed by atoms with Gasteiger partial charge < -0.3 is 0 Å². The Morgan fingerprint density at radius 2 is 2.43 bits per heavy atom. The molecule has 0 bridgehead atoms. The van der Waals surface area contributed by atoms with Crippen molar-refractivity contribution in [3.05, 3.63) is 29.6 Å². The lowest BCUT2D eigenvalue weighted by Crippen LogP contribution is -2.10. The molecule has 3 heteroatoms. The van der Waals surface area contributed by atoms with E-state index >= 15 is 0 Å². The van der Waals surface area contributed by atoms with Gasteiger partial charge in [0.1, 0.15) is 6.07 Å². The summed E-state index contributed by atoms with van der Waals surface area (Å²) in [5.74, 6) is 3.06. The SMILES string of the molecule is N#Cc1ccc(C2CCCSC2)nc1. The molecule has 0 saturated carbocycles. The lowest BCUT2D eigenvalue weighted by Gasteiger charge is -2.20. The van der Waals surface area contributed by atoms with E-state index < -0.39 is 0 Å². The minimum atomic E-state index is 0.599. The van der Waals surface area contributed by atoms with Crippen molar-refractivity contribution in [2.75, 3.05) is 11.5 Å². The van der Waals surface area contributed by atoms with Crippen LogP contribution in [0.25, 0.3) is 0 Å². The van der Waals surface area contributed by atoms with E-state index in [4.69, 9.17) is 5.26 Å². The Morgan fingerprint density at radius 3 is 3.00 bits per heavy atom. The highest BCUT2D eigenvalue weighted by atomic mass is 32.2. The van der Waals surface area contributed by atoms with Gasteiger partial charge in [-0.15, -0.1) is 0 Å². The number of hydrogen-bond acceptors (Lipinski definition) is 3. The van der Waals surface area contributed by atoms with Gasteiger partial charge in [0.05, 0.1) is 5.56 Å². The van der Waals surface area contributed by atoms with Gasteiger partial charge in [0.25, 0.3) is 0 Å². The molecule has 72 valence electrons. The van der Waals surface area contributed by atoms with Gasteiger partial charge in [0, 0.05) is 23.6 Å². The maximum atomic E-state index is 8.64. The Kier molecular flexibility index (Phi) is 3.05. The zero-order valence-corrected chi connectivity index (χ0v) is 8.76. The lowest BCUT2D eigenvalue weighted by atomic mass is 10.0. The van der Waals surface area contributed by atoms with E-state index in [0.717, 1.165) is 5.69 Å². The molecule has 1 atom stereocenters. The summed E-state index contributed by atoms with van der Waals surface area (Å²) in [5.41, 5.74) is 1.80. The Balaban J connectivity index is 2.12. The van der Waals surface area contributed by atoms with Gasteiger partial charge in [0.2, 0.25) is 0 Å². The smallest absolute Gasteiger partial charge is 0.101 e. The summed E-state index contributed by atoms with van der Waals surface area (Å²) >= 11 is 2.00. The molecule has 1 fully saturated rings. The molecule has 1 unspecified atom stereocenters. The molecule has 0 amide bonds. The molecule has 0 spiro atoms. The summed E-state index contributed by atoms with van der Waals surface area (Å²) in [4.78, 5) is 4.34. The van der Waals surface area contributed by atoms with Crippen molar-refractivity contribution in [1.29, 1.82) is 5.26 Å². The number of aromatic nitrogens is 1. The molecule has 0 aliphatic carbocycles. The second-order valence-corrected chi connectivity index (χ2v) is 4.65. The van der Waals surface area contributed by atoms with Crippen molar-refractivity contribution in [1.82, 2.24) is 4.98 Å². The van der Waals surface area contributed by atoms with Gasteiger partial charge in [-0.1, -0.05) is 0 Å². The standard InChI is InChI=1S/C11H12N2S/c12-6-9-3-4-11(13-7-9)10-2-1-5-14-8-10/h3-4,7,10H,1-2,5,8H2. The predicted molar refractivity (Wildman–Crippen MR) is 58.3 cm³/mol.